The van der Waals surface area contributed by atoms with E-state index in [2.05, 4.69) is 12.2 Å². The number of anilines is 1. The van der Waals surface area contributed by atoms with Crippen molar-refractivity contribution < 1.29 is 14.3 Å². The molecule has 0 aliphatic rings. The number of carbonyl (C=O) groups is 1. The highest BCUT2D eigenvalue weighted by atomic mass is 16.5. The quantitative estimate of drug-likeness (QED) is 0.488. The Bertz CT molecular complexity index is 859. The van der Waals surface area contributed by atoms with Gasteiger partial charge in [-0.25, -0.2) is 0 Å². The third-order valence-electron chi connectivity index (χ3n) is 4.24. The van der Waals surface area contributed by atoms with Gasteiger partial charge >= 0.3 is 0 Å². The van der Waals surface area contributed by atoms with Crippen LogP contribution in [-0.4, -0.2) is 12.5 Å². The summed E-state index contributed by atoms with van der Waals surface area (Å²) in [6, 6.07) is 24.6. The van der Waals surface area contributed by atoms with Crippen LogP contribution in [0.4, 0.5) is 5.69 Å². The van der Waals surface area contributed by atoms with E-state index >= 15 is 0 Å². The molecule has 4 nitrogen and oxygen atoms in total. The normalized spacial score (nSPS) is 10.3. The first-order valence-electron chi connectivity index (χ1n) is 9.55. The number of benzene rings is 3. The van der Waals surface area contributed by atoms with Gasteiger partial charge in [0, 0.05) is 11.3 Å². The molecule has 0 radical (unpaired) electrons. The van der Waals surface area contributed by atoms with Crippen molar-refractivity contribution in [1.29, 1.82) is 0 Å². The van der Waals surface area contributed by atoms with Crippen LogP contribution in [0.1, 0.15) is 35.7 Å². The maximum atomic E-state index is 12.4. The van der Waals surface area contributed by atoms with Crippen molar-refractivity contribution in [3.63, 3.8) is 0 Å². The van der Waals surface area contributed by atoms with Gasteiger partial charge < -0.3 is 14.8 Å². The number of ether oxygens (including phenoxy) is 2. The predicted molar refractivity (Wildman–Crippen MR) is 112 cm³/mol. The first-order valence-corrected chi connectivity index (χ1v) is 9.55. The van der Waals surface area contributed by atoms with Gasteiger partial charge in [0.2, 0.25) is 0 Å². The molecule has 0 heterocycles. The van der Waals surface area contributed by atoms with Crippen LogP contribution in [0, 0.1) is 0 Å². The molecule has 0 atom stereocenters. The van der Waals surface area contributed by atoms with Crippen molar-refractivity contribution in [2.45, 2.75) is 26.4 Å². The number of hydrogen-bond donors (Lipinski definition) is 1. The van der Waals surface area contributed by atoms with Gasteiger partial charge in [-0.2, -0.15) is 0 Å². The molecule has 0 bridgehead atoms. The Morgan fingerprint density at radius 3 is 2.14 bits per heavy atom. The molecule has 28 heavy (non-hydrogen) atoms. The average Bonchev–Trinajstić information content (AvgIpc) is 2.75. The minimum absolute atomic E-state index is 0.155. The zero-order valence-electron chi connectivity index (χ0n) is 16.1. The SMILES string of the molecule is CCCCOc1ccc(C(=O)Nc2ccc(OCc3ccccc3)cc2)cc1. The monoisotopic (exact) mass is 375 g/mol. The van der Waals surface area contributed by atoms with Crippen LogP contribution in [-0.2, 0) is 6.61 Å². The maximum absolute atomic E-state index is 12.4. The first kappa shape index (κ1) is 19.5. The molecule has 0 saturated carbocycles. The minimum Gasteiger partial charge on any atom is -0.494 e. The fourth-order valence-corrected chi connectivity index (χ4v) is 2.62. The van der Waals surface area contributed by atoms with Gasteiger partial charge in [0.1, 0.15) is 18.1 Å². The fraction of sp³-hybridized carbons (Fsp3) is 0.208. The third-order valence-corrected chi connectivity index (χ3v) is 4.24. The van der Waals surface area contributed by atoms with Crippen LogP contribution in [0.15, 0.2) is 78.9 Å². The maximum Gasteiger partial charge on any atom is 0.255 e. The van der Waals surface area contributed by atoms with Crippen molar-refractivity contribution in [1.82, 2.24) is 0 Å². The summed E-state index contributed by atoms with van der Waals surface area (Å²) in [4.78, 5) is 12.4. The van der Waals surface area contributed by atoms with E-state index in [1.165, 1.54) is 0 Å². The van der Waals surface area contributed by atoms with E-state index in [9.17, 15) is 4.79 Å². The van der Waals surface area contributed by atoms with E-state index in [0.717, 1.165) is 35.6 Å². The second-order valence-electron chi connectivity index (χ2n) is 6.48. The van der Waals surface area contributed by atoms with Gasteiger partial charge in [-0.05, 0) is 60.5 Å². The zero-order valence-corrected chi connectivity index (χ0v) is 16.1. The topological polar surface area (TPSA) is 47.6 Å². The molecule has 0 aromatic heterocycles. The standard InChI is InChI=1S/C24H25NO3/c1-2-3-17-27-22-13-9-20(10-14-22)24(26)25-21-11-15-23(16-12-21)28-18-19-7-5-4-6-8-19/h4-16H,2-3,17-18H2,1H3,(H,25,26). The Hall–Kier alpha value is -3.27. The molecule has 3 aromatic rings. The highest BCUT2D eigenvalue weighted by Gasteiger charge is 2.07. The molecule has 0 aliphatic heterocycles. The Morgan fingerprint density at radius 1 is 0.821 bits per heavy atom. The minimum atomic E-state index is -0.155. The van der Waals surface area contributed by atoms with Crippen LogP contribution >= 0.6 is 0 Å². The van der Waals surface area contributed by atoms with Gasteiger partial charge in [0.25, 0.3) is 5.91 Å². The summed E-state index contributed by atoms with van der Waals surface area (Å²) in [6.45, 7) is 3.33. The van der Waals surface area contributed by atoms with Crippen LogP contribution in [0.5, 0.6) is 11.5 Å². The number of rotatable bonds is 9. The fourth-order valence-electron chi connectivity index (χ4n) is 2.62. The van der Waals surface area contributed by atoms with Gasteiger partial charge in [-0.3, -0.25) is 4.79 Å². The summed E-state index contributed by atoms with van der Waals surface area (Å²) in [6.07, 6.45) is 2.11. The van der Waals surface area contributed by atoms with E-state index in [1.54, 1.807) is 12.1 Å². The molecule has 3 aromatic carbocycles. The summed E-state index contributed by atoms with van der Waals surface area (Å²) >= 11 is 0. The molecule has 0 saturated heterocycles. The van der Waals surface area contributed by atoms with E-state index in [4.69, 9.17) is 9.47 Å². The van der Waals surface area contributed by atoms with Gasteiger partial charge in [0.15, 0.2) is 0 Å². The average molecular weight is 375 g/mol. The van der Waals surface area contributed by atoms with Crippen molar-refractivity contribution in [3.05, 3.63) is 90.0 Å². The van der Waals surface area contributed by atoms with Crippen molar-refractivity contribution in [3.8, 4) is 11.5 Å². The molecule has 0 aliphatic carbocycles. The summed E-state index contributed by atoms with van der Waals surface area (Å²) in [5, 5.41) is 2.90. The molecule has 0 spiro atoms. The summed E-state index contributed by atoms with van der Waals surface area (Å²) in [7, 11) is 0. The second-order valence-corrected chi connectivity index (χ2v) is 6.48. The third kappa shape index (κ3) is 5.88. The predicted octanol–water partition coefficient (Wildman–Crippen LogP) is 5.70. The molecule has 1 amide bonds. The summed E-state index contributed by atoms with van der Waals surface area (Å²) in [5.74, 6) is 1.39. The first-order chi connectivity index (χ1) is 13.7. The lowest BCUT2D eigenvalue weighted by Gasteiger charge is -2.09. The summed E-state index contributed by atoms with van der Waals surface area (Å²) in [5.41, 5.74) is 2.43. The molecule has 1 N–H and O–H groups in total. The lowest BCUT2D eigenvalue weighted by molar-refractivity contribution is 0.102. The van der Waals surface area contributed by atoms with Crippen LogP contribution < -0.4 is 14.8 Å². The second kappa shape index (κ2) is 10.2. The van der Waals surface area contributed by atoms with Gasteiger partial charge in [0.05, 0.1) is 6.61 Å². The lowest BCUT2D eigenvalue weighted by Crippen LogP contribution is -2.11. The molecule has 0 unspecified atom stereocenters. The van der Waals surface area contributed by atoms with Crippen LogP contribution in [0.25, 0.3) is 0 Å². The number of hydrogen-bond acceptors (Lipinski definition) is 3. The van der Waals surface area contributed by atoms with Gasteiger partial charge in [-0.1, -0.05) is 43.7 Å². The van der Waals surface area contributed by atoms with Crippen molar-refractivity contribution >= 4 is 11.6 Å². The largest absolute Gasteiger partial charge is 0.494 e. The molecular formula is C24H25NO3. The Balaban J connectivity index is 1.51. The molecular weight excluding hydrogens is 350 g/mol. The molecule has 144 valence electrons. The number of unbranched alkanes of at least 4 members (excludes halogenated alkanes) is 1. The Morgan fingerprint density at radius 2 is 1.46 bits per heavy atom. The highest BCUT2D eigenvalue weighted by molar-refractivity contribution is 6.04. The van der Waals surface area contributed by atoms with Crippen molar-refractivity contribution in [2.75, 3.05) is 11.9 Å². The molecule has 3 rings (SSSR count). The highest BCUT2D eigenvalue weighted by Crippen LogP contribution is 2.19. The smallest absolute Gasteiger partial charge is 0.255 e. The number of amides is 1. The zero-order chi connectivity index (χ0) is 19.6. The Labute approximate surface area is 166 Å². The van der Waals surface area contributed by atoms with Gasteiger partial charge in [-0.15, -0.1) is 0 Å². The summed E-state index contributed by atoms with van der Waals surface area (Å²) < 4.78 is 11.4. The van der Waals surface area contributed by atoms with Crippen molar-refractivity contribution in [2.24, 2.45) is 0 Å². The number of carbonyl (C=O) groups excluding carboxylic acids is 1. The van der Waals surface area contributed by atoms with E-state index in [-0.39, 0.29) is 5.91 Å². The van der Waals surface area contributed by atoms with E-state index in [0.29, 0.717) is 18.8 Å². The Kier molecular flexibility index (Phi) is 7.08. The molecule has 0 fully saturated rings. The number of nitrogens with one attached hydrogen (secondary N) is 1. The molecule has 4 heteroatoms. The van der Waals surface area contributed by atoms with E-state index in [1.807, 2.05) is 66.7 Å². The van der Waals surface area contributed by atoms with Crippen LogP contribution in [0.2, 0.25) is 0 Å². The van der Waals surface area contributed by atoms with E-state index < -0.39 is 0 Å². The van der Waals surface area contributed by atoms with Crippen LogP contribution in [0.3, 0.4) is 0 Å². The lowest BCUT2D eigenvalue weighted by atomic mass is 10.2.